The number of carbonyl (C=O) groups excluding carboxylic acids is 1. The fraction of sp³-hybridized carbons (Fsp3) is 0.500. The molecule has 1 aromatic rings. The summed E-state index contributed by atoms with van der Waals surface area (Å²) < 4.78 is 0. The largest absolute Gasteiger partial charge is 0.481 e. The van der Waals surface area contributed by atoms with Gasteiger partial charge in [0.1, 0.15) is 0 Å². The van der Waals surface area contributed by atoms with Gasteiger partial charge in [-0.1, -0.05) is 12.8 Å². The summed E-state index contributed by atoms with van der Waals surface area (Å²) in [6.07, 6.45) is 6.85. The summed E-state index contributed by atoms with van der Waals surface area (Å²) in [5.41, 5.74) is 0.742. The second kappa shape index (κ2) is 8.90. The van der Waals surface area contributed by atoms with Gasteiger partial charge in [0, 0.05) is 26.2 Å². The molecule has 0 aliphatic carbocycles. The van der Waals surface area contributed by atoms with Crippen LogP contribution in [0, 0.1) is 0 Å². The molecule has 0 fully saturated rings. The number of nitrogens with one attached hydrogen (secondary N) is 1. The van der Waals surface area contributed by atoms with Crippen LogP contribution in [-0.4, -0.2) is 35.7 Å². The number of aromatic nitrogens is 1. The van der Waals surface area contributed by atoms with Crippen LogP contribution in [0.4, 0.5) is 10.5 Å². The van der Waals surface area contributed by atoms with E-state index in [1.165, 1.54) is 4.90 Å². The fourth-order valence-electron chi connectivity index (χ4n) is 1.74. The third-order valence-corrected chi connectivity index (χ3v) is 2.93. The first-order valence-corrected chi connectivity index (χ1v) is 6.74. The molecule has 20 heavy (non-hydrogen) atoms. The zero-order valence-corrected chi connectivity index (χ0v) is 11.7. The van der Waals surface area contributed by atoms with Crippen molar-refractivity contribution >= 4 is 17.7 Å². The van der Waals surface area contributed by atoms with Crippen LogP contribution in [0.2, 0.25) is 0 Å². The molecule has 0 radical (unpaired) electrons. The van der Waals surface area contributed by atoms with Crippen molar-refractivity contribution in [3.8, 4) is 0 Å². The van der Waals surface area contributed by atoms with E-state index in [9.17, 15) is 9.59 Å². The van der Waals surface area contributed by atoms with Gasteiger partial charge in [-0.2, -0.15) is 0 Å². The highest BCUT2D eigenvalue weighted by Gasteiger charge is 2.09. The van der Waals surface area contributed by atoms with Gasteiger partial charge in [-0.3, -0.25) is 14.7 Å². The van der Waals surface area contributed by atoms with Crippen LogP contribution in [0.3, 0.4) is 0 Å². The maximum Gasteiger partial charge on any atom is 0.321 e. The Labute approximate surface area is 118 Å². The van der Waals surface area contributed by atoms with Crippen molar-refractivity contribution in [3.63, 3.8) is 0 Å². The number of anilines is 1. The van der Waals surface area contributed by atoms with Crippen LogP contribution in [0.5, 0.6) is 0 Å². The van der Waals surface area contributed by atoms with Crippen molar-refractivity contribution in [3.05, 3.63) is 24.5 Å². The fourth-order valence-corrected chi connectivity index (χ4v) is 1.74. The average molecular weight is 279 g/mol. The molecule has 6 nitrogen and oxygen atoms in total. The predicted octanol–water partition coefficient (Wildman–Crippen LogP) is 2.26. The van der Waals surface area contributed by atoms with E-state index in [4.69, 9.17) is 5.11 Å². The van der Waals surface area contributed by atoms with Crippen molar-refractivity contribution in [2.45, 2.75) is 32.1 Å². The molecule has 0 aliphatic rings. The minimum Gasteiger partial charge on any atom is -0.481 e. The molecule has 0 aromatic carbocycles. The van der Waals surface area contributed by atoms with Crippen LogP contribution in [-0.2, 0) is 4.79 Å². The van der Waals surface area contributed by atoms with Crippen LogP contribution >= 0.6 is 0 Å². The molecule has 2 N–H and O–H groups in total. The molecular formula is C14H21N3O3. The number of amides is 2. The third-order valence-electron chi connectivity index (χ3n) is 2.93. The highest BCUT2D eigenvalue weighted by atomic mass is 16.4. The Morgan fingerprint density at radius 1 is 1.30 bits per heavy atom. The first-order chi connectivity index (χ1) is 9.61. The standard InChI is InChI=1S/C14H21N3O3/c1-17(12-7-6-9-15-11-12)14(20)16-10-5-3-2-4-8-13(18)19/h6-7,9,11H,2-5,8,10H2,1H3,(H,16,20)(H,18,19). The summed E-state index contributed by atoms with van der Waals surface area (Å²) in [6.45, 7) is 0.594. The maximum atomic E-state index is 11.8. The lowest BCUT2D eigenvalue weighted by Gasteiger charge is -2.17. The van der Waals surface area contributed by atoms with Gasteiger partial charge in [-0.15, -0.1) is 0 Å². The van der Waals surface area contributed by atoms with E-state index in [0.717, 1.165) is 24.9 Å². The summed E-state index contributed by atoms with van der Waals surface area (Å²) in [5, 5.41) is 11.3. The number of aliphatic carboxylic acids is 1. The van der Waals surface area contributed by atoms with E-state index in [2.05, 4.69) is 10.3 Å². The van der Waals surface area contributed by atoms with Gasteiger partial charge < -0.3 is 10.4 Å². The smallest absolute Gasteiger partial charge is 0.321 e. The number of nitrogens with zero attached hydrogens (tertiary/aromatic N) is 2. The van der Waals surface area contributed by atoms with Crippen molar-refractivity contribution < 1.29 is 14.7 Å². The lowest BCUT2D eigenvalue weighted by atomic mass is 10.1. The summed E-state index contributed by atoms with van der Waals surface area (Å²) in [4.78, 5) is 27.6. The van der Waals surface area contributed by atoms with Crippen molar-refractivity contribution in [2.75, 3.05) is 18.5 Å². The third kappa shape index (κ3) is 6.17. The Morgan fingerprint density at radius 3 is 2.70 bits per heavy atom. The monoisotopic (exact) mass is 279 g/mol. The van der Waals surface area contributed by atoms with E-state index < -0.39 is 5.97 Å². The van der Waals surface area contributed by atoms with Crippen LogP contribution in [0.1, 0.15) is 32.1 Å². The predicted molar refractivity (Wildman–Crippen MR) is 76.8 cm³/mol. The Morgan fingerprint density at radius 2 is 2.05 bits per heavy atom. The minimum absolute atomic E-state index is 0.163. The minimum atomic E-state index is -0.753. The molecule has 0 aliphatic heterocycles. The molecule has 1 heterocycles. The van der Waals surface area contributed by atoms with Crippen LogP contribution in [0.25, 0.3) is 0 Å². The molecule has 0 bridgehead atoms. The number of rotatable bonds is 8. The van der Waals surface area contributed by atoms with E-state index in [1.54, 1.807) is 25.5 Å². The van der Waals surface area contributed by atoms with E-state index >= 15 is 0 Å². The Kier molecular flexibility index (Phi) is 7.10. The molecule has 6 heteroatoms. The highest BCUT2D eigenvalue weighted by Crippen LogP contribution is 2.09. The maximum absolute atomic E-state index is 11.8. The van der Waals surface area contributed by atoms with Gasteiger partial charge in [0.2, 0.25) is 0 Å². The number of pyridine rings is 1. The molecule has 0 unspecified atom stereocenters. The second-order valence-electron chi connectivity index (χ2n) is 4.56. The van der Waals surface area contributed by atoms with E-state index in [-0.39, 0.29) is 12.5 Å². The summed E-state index contributed by atoms with van der Waals surface area (Å²) in [6, 6.07) is 3.43. The summed E-state index contributed by atoms with van der Waals surface area (Å²) in [5.74, 6) is -0.753. The molecule has 0 atom stereocenters. The zero-order chi connectivity index (χ0) is 14.8. The Hall–Kier alpha value is -2.11. The normalized spacial score (nSPS) is 10.1. The van der Waals surface area contributed by atoms with E-state index in [1.807, 2.05) is 6.07 Å². The van der Waals surface area contributed by atoms with Gasteiger partial charge in [0.05, 0.1) is 11.9 Å². The quantitative estimate of drug-likeness (QED) is 0.715. The summed E-state index contributed by atoms with van der Waals surface area (Å²) >= 11 is 0. The molecule has 0 saturated carbocycles. The highest BCUT2D eigenvalue weighted by molar-refractivity contribution is 5.91. The van der Waals surface area contributed by atoms with Crippen molar-refractivity contribution in [2.24, 2.45) is 0 Å². The first kappa shape index (κ1) is 15.9. The molecule has 1 rings (SSSR count). The Bertz CT molecular complexity index is 423. The van der Waals surface area contributed by atoms with Gasteiger partial charge >= 0.3 is 12.0 Å². The number of carbonyl (C=O) groups is 2. The first-order valence-electron chi connectivity index (χ1n) is 6.74. The number of unbranched alkanes of at least 4 members (excludes halogenated alkanes) is 3. The Balaban J connectivity index is 2.13. The topological polar surface area (TPSA) is 82.5 Å². The molecular weight excluding hydrogens is 258 g/mol. The average Bonchev–Trinajstić information content (AvgIpc) is 2.45. The van der Waals surface area contributed by atoms with Crippen LogP contribution < -0.4 is 10.2 Å². The number of hydrogen-bond donors (Lipinski definition) is 2. The van der Waals surface area contributed by atoms with Gasteiger partial charge in [-0.05, 0) is 25.0 Å². The van der Waals surface area contributed by atoms with Crippen molar-refractivity contribution in [1.82, 2.24) is 10.3 Å². The SMILES string of the molecule is CN(C(=O)NCCCCCCC(=O)O)c1cccnc1. The van der Waals surface area contributed by atoms with Crippen LogP contribution in [0.15, 0.2) is 24.5 Å². The molecule has 0 saturated heterocycles. The number of carboxylic acid groups (broad SMARTS) is 1. The van der Waals surface area contributed by atoms with Gasteiger partial charge in [0.25, 0.3) is 0 Å². The molecule has 0 spiro atoms. The molecule has 2 amide bonds. The number of hydrogen-bond acceptors (Lipinski definition) is 3. The van der Waals surface area contributed by atoms with Gasteiger partial charge in [-0.25, -0.2) is 4.79 Å². The van der Waals surface area contributed by atoms with E-state index in [0.29, 0.717) is 13.0 Å². The van der Waals surface area contributed by atoms with Gasteiger partial charge in [0.15, 0.2) is 0 Å². The lowest BCUT2D eigenvalue weighted by Crippen LogP contribution is -2.37. The summed E-state index contributed by atoms with van der Waals surface area (Å²) in [7, 11) is 1.69. The zero-order valence-electron chi connectivity index (χ0n) is 11.7. The number of urea groups is 1. The molecule has 110 valence electrons. The molecule has 1 aromatic heterocycles. The lowest BCUT2D eigenvalue weighted by molar-refractivity contribution is -0.137. The number of carboxylic acids is 1. The van der Waals surface area contributed by atoms with Crippen molar-refractivity contribution in [1.29, 1.82) is 0 Å². The second-order valence-corrected chi connectivity index (χ2v) is 4.56.